The van der Waals surface area contributed by atoms with Gasteiger partial charge in [-0.05, 0) is 45.1 Å². The Morgan fingerprint density at radius 2 is 1.65 bits per heavy atom. The van der Waals surface area contributed by atoms with E-state index < -0.39 is 0 Å². The number of ether oxygens (including phenoxy) is 1. The first-order valence-electron chi connectivity index (χ1n) is 7.44. The molecule has 2 unspecified atom stereocenters. The van der Waals surface area contributed by atoms with Gasteiger partial charge < -0.3 is 10.1 Å². The van der Waals surface area contributed by atoms with Crippen LogP contribution in [0.2, 0.25) is 0 Å². The SMILES string of the molecule is CC(C)NCC1CCCCCC1COC(C)C. The molecule has 1 rings (SSSR count). The average Bonchev–Trinajstić information content (AvgIpc) is 2.48. The van der Waals surface area contributed by atoms with Gasteiger partial charge in [-0.15, -0.1) is 0 Å². The molecule has 1 aliphatic rings. The van der Waals surface area contributed by atoms with Gasteiger partial charge in [0.25, 0.3) is 0 Å². The van der Waals surface area contributed by atoms with E-state index in [4.69, 9.17) is 4.74 Å². The predicted octanol–water partition coefficient (Wildman–Crippen LogP) is 3.61. The van der Waals surface area contributed by atoms with Crippen molar-refractivity contribution in [3.05, 3.63) is 0 Å². The molecule has 2 heteroatoms. The highest BCUT2D eigenvalue weighted by atomic mass is 16.5. The minimum absolute atomic E-state index is 0.372. The number of rotatable bonds is 6. The highest BCUT2D eigenvalue weighted by Gasteiger charge is 2.24. The fourth-order valence-corrected chi connectivity index (χ4v) is 2.65. The van der Waals surface area contributed by atoms with Crippen molar-refractivity contribution in [1.82, 2.24) is 5.32 Å². The summed E-state index contributed by atoms with van der Waals surface area (Å²) in [5, 5.41) is 3.61. The summed E-state index contributed by atoms with van der Waals surface area (Å²) in [7, 11) is 0. The van der Waals surface area contributed by atoms with E-state index in [1.807, 2.05) is 0 Å². The minimum Gasteiger partial charge on any atom is -0.378 e. The summed E-state index contributed by atoms with van der Waals surface area (Å²) in [6.45, 7) is 10.9. The van der Waals surface area contributed by atoms with E-state index in [0.717, 1.165) is 18.4 Å². The van der Waals surface area contributed by atoms with Gasteiger partial charge in [-0.25, -0.2) is 0 Å². The van der Waals surface area contributed by atoms with E-state index in [1.54, 1.807) is 0 Å². The molecule has 0 aromatic carbocycles. The highest BCUT2D eigenvalue weighted by molar-refractivity contribution is 4.76. The number of nitrogens with one attached hydrogen (secondary N) is 1. The van der Waals surface area contributed by atoms with Gasteiger partial charge in [-0.3, -0.25) is 0 Å². The summed E-state index contributed by atoms with van der Waals surface area (Å²) in [5.41, 5.74) is 0. The maximum atomic E-state index is 5.85. The van der Waals surface area contributed by atoms with Gasteiger partial charge >= 0.3 is 0 Å². The molecule has 17 heavy (non-hydrogen) atoms. The van der Waals surface area contributed by atoms with Crippen LogP contribution in [-0.2, 0) is 4.74 Å². The van der Waals surface area contributed by atoms with Crippen LogP contribution in [0.5, 0.6) is 0 Å². The Balaban J connectivity index is 2.41. The van der Waals surface area contributed by atoms with Crippen LogP contribution >= 0.6 is 0 Å². The van der Waals surface area contributed by atoms with Gasteiger partial charge in [-0.1, -0.05) is 33.1 Å². The van der Waals surface area contributed by atoms with Crippen LogP contribution in [0.4, 0.5) is 0 Å². The molecule has 0 aliphatic heterocycles. The van der Waals surface area contributed by atoms with Crippen LogP contribution in [0.15, 0.2) is 0 Å². The van der Waals surface area contributed by atoms with E-state index in [-0.39, 0.29) is 0 Å². The molecule has 0 aromatic rings. The molecule has 0 radical (unpaired) electrons. The van der Waals surface area contributed by atoms with Gasteiger partial charge in [0.1, 0.15) is 0 Å². The second-order valence-electron chi connectivity index (χ2n) is 6.10. The molecule has 0 spiro atoms. The second kappa shape index (κ2) is 8.10. The lowest BCUT2D eigenvalue weighted by atomic mass is 9.88. The fourth-order valence-electron chi connectivity index (χ4n) is 2.65. The average molecular weight is 241 g/mol. The number of hydrogen-bond acceptors (Lipinski definition) is 2. The van der Waals surface area contributed by atoms with Crippen molar-refractivity contribution >= 4 is 0 Å². The Hall–Kier alpha value is -0.0800. The standard InChI is InChI=1S/C15H31NO/c1-12(2)16-10-14-8-6-5-7-9-15(14)11-17-13(3)4/h12-16H,5-11H2,1-4H3. The molecule has 2 nitrogen and oxygen atoms in total. The maximum absolute atomic E-state index is 5.85. The first kappa shape index (κ1) is 15.0. The molecule has 2 atom stereocenters. The van der Waals surface area contributed by atoms with Crippen molar-refractivity contribution in [2.45, 2.75) is 71.9 Å². The molecule has 102 valence electrons. The first-order valence-corrected chi connectivity index (χ1v) is 7.44. The first-order chi connectivity index (χ1) is 8.09. The molecule has 1 aliphatic carbocycles. The van der Waals surface area contributed by atoms with Gasteiger partial charge in [-0.2, -0.15) is 0 Å². The Labute approximate surface area is 108 Å². The van der Waals surface area contributed by atoms with Crippen LogP contribution in [0.25, 0.3) is 0 Å². The highest BCUT2D eigenvalue weighted by Crippen LogP contribution is 2.29. The zero-order valence-corrected chi connectivity index (χ0v) is 12.2. The Morgan fingerprint density at radius 1 is 1.00 bits per heavy atom. The van der Waals surface area contributed by atoms with Crippen molar-refractivity contribution in [3.8, 4) is 0 Å². The van der Waals surface area contributed by atoms with Crippen LogP contribution < -0.4 is 5.32 Å². The summed E-state index contributed by atoms with van der Waals surface area (Å²) in [6, 6.07) is 0.602. The Morgan fingerprint density at radius 3 is 2.24 bits per heavy atom. The smallest absolute Gasteiger partial charge is 0.0519 e. The molecule has 0 amide bonds. The lowest BCUT2D eigenvalue weighted by molar-refractivity contribution is 0.0320. The zero-order chi connectivity index (χ0) is 12.7. The molecule has 1 saturated carbocycles. The van der Waals surface area contributed by atoms with Gasteiger partial charge in [0.2, 0.25) is 0 Å². The third kappa shape index (κ3) is 6.42. The summed E-state index contributed by atoms with van der Waals surface area (Å²) < 4.78 is 5.85. The Bertz CT molecular complexity index is 171. The lowest BCUT2D eigenvalue weighted by Gasteiger charge is -2.27. The van der Waals surface area contributed by atoms with Crippen molar-refractivity contribution in [2.24, 2.45) is 11.8 Å². The van der Waals surface area contributed by atoms with E-state index in [1.165, 1.54) is 38.6 Å². The van der Waals surface area contributed by atoms with Crippen LogP contribution in [-0.4, -0.2) is 25.3 Å². The molecule has 0 heterocycles. The van der Waals surface area contributed by atoms with E-state index >= 15 is 0 Å². The molecule has 1 N–H and O–H groups in total. The van der Waals surface area contributed by atoms with E-state index in [9.17, 15) is 0 Å². The third-order valence-corrected chi connectivity index (χ3v) is 3.75. The summed E-state index contributed by atoms with van der Waals surface area (Å²) >= 11 is 0. The Kier molecular flexibility index (Phi) is 7.14. The summed E-state index contributed by atoms with van der Waals surface area (Å²) in [4.78, 5) is 0. The number of hydrogen-bond donors (Lipinski definition) is 1. The zero-order valence-electron chi connectivity index (χ0n) is 12.2. The topological polar surface area (TPSA) is 21.3 Å². The molecular formula is C15H31NO. The molecule has 0 aromatic heterocycles. The molecule has 0 bridgehead atoms. The predicted molar refractivity (Wildman–Crippen MR) is 74.3 cm³/mol. The van der Waals surface area contributed by atoms with Crippen LogP contribution in [0, 0.1) is 11.8 Å². The van der Waals surface area contributed by atoms with Crippen LogP contribution in [0.1, 0.15) is 59.8 Å². The normalized spacial score (nSPS) is 26.5. The van der Waals surface area contributed by atoms with Crippen molar-refractivity contribution in [1.29, 1.82) is 0 Å². The molecular weight excluding hydrogens is 210 g/mol. The lowest BCUT2D eigenvalue weighted by Crippen LogP contribution is -2.34. The monoisotopic (exact) mass is 241 g/mol. The summed E-state index contributed by atoms with van der Waals surface area (Å²) in [6.07, 6.45) is 7.32. The van der Waals surface area contributed by atoms with Crippen molar-refractivity contribution < 1.29 is 4.74 Å². The van der Waals surface area contributed by atoms with E-state index in [0.29, 0.717) is 12.1 Å². The van der Waals surface area contributed by atoms with E-state index in [2.05, 4.69) is 33.0 Å². The minimum atomic E-state index is 0.372. The fraction of sp³-hybridized carbons (Fsp3) is 1.00. The van der Waals surface area contributed by atoms with Crippen molar-refractivity contribution in [3.63, 3.8) is 0 Å². The quantitative estimate of drug-likeness (QED) is 0.717. The second-order valence-corrected chi connectivity index (χ2v) is 6.10. The molecule has 0 saturated heterocycles. The van der Waals surface area contributed by atoms with Crippen molar-refractivity contribution in [2.75, 3.05) is 13.2 Å². The largest absolute Gasteiger partial charge is 0.378 e. The van der Waals surface area contributed by atoms with Gasteiger partial charge in [0, 0.05) is 6.04 Å². The maximum Gasteiger partial charge on any atom is 0.0519 e. The molecule has 1 fully saturated rings. The van der Waals surface area contributed by atoms with Gasteiger partial charge in [0.15, 0.2) is 0 Å². The summed E-state index contributed by atoms with van der Waals surface area (Å²) in [5.74, 6) is 1.59. The third-order valence-electron chi connectivity index (χ3n) is 3.75. The van der Waals surface area contributed by atoms with Crippen LogP contribution in [0.3, 0.4) is 0 Å². The van der Waals surface area contributed by atoms with Gasteiger partial charge in [0.05, 0.1) is 12.7 Å².